The quantitative estimate of drug-likeness (QED) is 0.545. The number of piperazine rings is 1. The fraction of sp³-hybridized carbons (Fsp3) is 0.364. The van der Waals surface area contributed by atoms with Gasteiger partial charge in [0.1, 0.15) is 5.82 Å². The molecule has 4 rings (SSSR count). The maximum Gasteiger partial charge on any atom is 0.419 e. The Balaban J connectivity index is 1.60. The first kappa shape index (κ1) is 24.4. The number of alkyl halides is 3. The average molecular weight is 493 g/mol. The van der Waals surface area contributed by atoms with Crippen molar-refractivity contribution in [3.05, 3.63) is 47.0 Å². The fourth-order valence-electron chi connectivity index (χ4n) is 4.07. The lowest BCUT2D eigenvalue weighted by molar-refractivity contribution is -0.139. The van der Waals surface area contributed by atoms with Gasteiger partial charge in [-0.25, -0.2) is 14.2 Å². The van der Waals surface area contributed by atoms with E-state index in [1.807, 2.05) is 11.9 Å². The van der Waals surface area contributed by atoms with Gasteiger partial charge in [-0.1, -0.05) is 0 Å². The molecule has 0 radical (unpaired) electrons. The molecule has 1 saturated heterocycles. The van der Waals surface area contributed by atoms with Crippen molar-refractivity contribution in [2.45, 2.75) is 13.1 Å². The molecule has 1 aromatic carbocycles. The highest BCUT2D eigenvalue weighted by Crippen LogP contribution is 2.33. The molecular weight excluding hydrogens is 470 g/mol. The van der Waals surface area contributed by atoms with E-state index in [1.54, 1.807) is 18.7 Å². The van der Waals surface area contributed by atoms with E-state index >= 15 is 0 Å². The molecule has 2 aromatic heterocycles. The van der Waals surface area contributed by atoms with Crippen LogP contribution in [0.25, 0.3) is 11.0 Å². The molecule has 1 fully saturated rings. The standard InChI is InChI=1S/C22H23F4N7O2/c1-12-17-18(33-8-6-31(2)7-9-33)14(11-27-19(17)32(3)30-12)20(34)29-21(35)28-13-4-5-15(16(23)10-13)22(24,25)26/h4-5,10-11H,6-9H2,1-3H3,(H2,28,29,34,35). The van der Waals surface area contributed by atoms with Gasteiger partial charge in [0.05, 0.1) is 27.9 Å². The Kier molecular flexibility index (Phi) is 6.36. The van der Waals surface area contributed by atoms with E-state index in [0.29, 0.717) is 47.6 Å². The number of urea groups is 1. The molecule has 1 aliphatic heterocycles. The van der Waals surface area contributed by atoms with Gasteiger partial charge in [-0.2, -0.15) is 18.3 Å². The predicted molar refractivity (Wildman–Crippen MR) is 121 cm³/mol. The van der Waals surface area contributed by atoms with Crippen LogP contribution in [-0.4, -0.2) is 64.8 Å². The van der Waals surface area contributed by atoms with Crippen molar-refractivity contribution >= 4 is 34.3 Å². The smallest absolute Gasteiger partial charge is 0.368 e. The van der Waals surface area contributed by atoms with Gasteiger partial charge in [0.25, 0.3) is 5.91 Å². The number of aromatic nitrogens is 3. The van der Waals surface area contributed by atoms with E-state index in [1.165, 1.54) is 6.20 Å². The Hall–Kier alpha value is -3.74. The summed E-state index contributed by atoms with van der Waals surface area (Å²) in [5.74, 6) is -2.30. The Labute approximate surface area is 197 Å². The number of hydrogen-bond acceptors (Lipinski definition) is 6. The normalized spacial score (nSPS) is 14.9. The summed E-state index contributed by atoms with van der Waals surface area (Å²) in [6.45, 7) is 4.62. The first-order valence-electron chi connectivity index (χ1n) is 10.7. The average Bonchev–Trinajstić information content (AvgIpc) is 3.06. The number of carbonyl (C=O) groups excluding carboxylic acids is 2. The molecule has 0 unspecified atom stereocenters. The molecule has 2 N–H and O–H groups in total. The van der Waals surface area contributed by atoms with Crippen LogP contribution in [0.1, 0.15) is 21.6 Å². The van der Waals surface area contributed by atoms with E-state index in [0.717, 1.165) is 19.2 Å². The van der Waals surface area contributed by atoms with E-state index < -0.39 is 29.5 Å². The summed E-state index contributed by atoms with van der Waals surface area (Å²) in [4.78, 5) is 34.0. The number of anilines is 2. The third-order valence-electron chi connectivity index (χ3n) is 5.82. The highest BCUT2D eigenvalue weighted by Gasteiger charge is 2.34. The van der Waals surface area contributed by atoms with Crippen LogP contribution in [-0.2, 0) is 13.2 Å². The van der Waals surface area contributed by atoms with Gasteiger partial charge in [0, 0.05) is 45.1 Å². The second-order valence-corrected chi connectivity index (χ2v) is 8.32. The topological polar surface area (TPSA) is 95.4 Å². The number of halogens is 4. The van der Waals surface area contributed by atoms with Gasteiger partial charge >= 0.3 is 12.2 Å². The molecular formula is C22H23F4N7O2. The van der Waals surface area contributed by atoms with Crippen molar-refractivity contribution in [3.8, 4) is 0 Å². The minimum absolute atomic E-state index is 0.145. The molecule has 0 spiro atoms. The van der Waals surface area contributed by atoms with Gasteiger partial charge in [0.15, 0.2) is 5.65 Å². The zero-order chi connectivity index (χ0) is 25.5. The molecule has 186 valence electrons. The SMILES string of the molecule is Cc1nn(C)c2ncc(C(=O)NC(=O)Nc3ccc(C(F)(F)F)c(F)c3)c(N3CCN(C)CC3)c12. The summed E-state index contributed by atoms with van der Waals surface area (Å²) in [5, 5.41) is 9.43. The lowest BCUT2D eigenvalue weighted by atomic mass is 10.1. The number of aryl methyl sites for hydroxylation is 2. The Morgan fingerprint density at radius 2 is 1.77 bits per heavy atom. The maximum absolute atomic E-state index is 13.8. The fourth-order valence-corrected chi connectivity index (χ4v) is 4.07. The summed E-state index contributed by atoms with van der Waals surface area (Å²) >= 11 is 0. The summed E-state index contributed by atoms with van der Waals surface area (Å²) < 4.78 is 53.7. The number of benzene rings is 1. The van der Waals surface area contributed by atoms with Crippen LogP contribution in [0.5, 0.6) is 0 Å². The summed E-state index contributed by atoms with van der Waals surface area (Å²) in [7, 11) is 3.74. The number of carbonyl (C=O) groups is 2. The van der Waals surface area contributed by atoms with Crippen LogP contribution in [0.15, 0.2) is 24.4 Å². The second-order valence-electron chi connectivity index (χ2n) is 8.32. The Bertz CT molecular complexity index is 1300. The maximum atomic E-state index is 13.8. The summed E-state index contributed by atoms with van der Waals surface area (Å²) in [6.07, 6.45) is -3.51. The zero-order valence-electron chi connectivity index (χ0n) is 19.2. The molecule has 0 bridgehead atoms. The first-order chi connectivity index (χ1) is 16.5. The van der Waals surface area contributed by atoms with Crippen molar-refractivity contribution in [1.82, 2.24) is 25.0 Å². The molecule has 1 aliphatic rings. The minimum atomic E-state index is -4.86. The van der Waals surface area contributed by atoms with Crippen LogP contribution in [0.2, 0.25) is 0 Å². The van der Waals surface area contributed by atoms with Gasteiger partial charge in [-0.05, 0) is 32.2 Å². The second kappa shape index (κ2) is 9.13. The van der Waals surface area contributed by atoms with E-state index in [2.05, 4.69) is 25.6 Å². The molecule has 3 amide bonds. The van der Waals surface area contributed by atoms with Gasteiger partial charge in [-0.3, -0.25) is 14.8 Å². The van der Waals surface area contributed by atoms with Crippen LogP contribution < -0.4 is 15.5 Å². The third kappa shape index (κ3) is 4.90. The van der Waals surface area contributed by atoms with Crippen molar-refractivity contribution in [1.29, 1.82) is 0 Å². The number of nitrogens with one attached hydrogen (secondary N) is 2. The number of imide groups is 1. The number of amides is 3. The molecule has 35 heavy (non-hydrogen) atoms. The van der Waals surface area contributed by atoms with E-state index in [4.69, 9.17) is 0 Å². The minimum Gasteiger partial charge on any atom is -0.368 e. The van der Waals surface area contributed by atoms with Crippen LogP contribution in [0.3, 0.4) is 0 Å². The van der Waals surface area contributed by atoms with Crippen LogP contribution in [0.4, 0.5) is 33.7 Å². The third-order valence-corrected chi connectivity index (χ3v) is 5.82. The molecule has 0 aliphatic carbocycles. The largest absolute Gasteiger partial charge is 0.419 e. The first-order valence-corrected chi connectivity index (χ1v) is 10.7. The molecule has 9 nitrogen and oxygen atoms in total. The number of likely N-dealkylation sites (N-methyl/N-ethyl adjacent to an activating group) is 1. The van der Waals surface area contributed by atoms with Gasteiger partial charge in [-0.15, -0.1) is 0 Å². The summed E-state index contributed by atoms with van der Waals surface area (Å²) in [6, 6.07) is 0.927. The number of pyridine rings is 1. The van der Waals surface area contributed by atoms with E-state index in [-0.39, 0.29) is 11.3 Å². The highest BCUT2D eigenvalue weighted by molar-refractivity contribution is 6.13. The van der Waals surface area contributed by atoms with Crippen molar-refractivity contribution in [3.63, 3.8) is 0 Å². The monoisotopic (exact) mass is 493 g/mol. The van der Waals surface area contributed by atoms with Gasteiger partial charge < -0.3 is 15.1 Å². The number of rotatable bonds is 3. The van der Waals surface area contributed by atoms with Crippen molar-refractivity contribution in [2.24, 2.45) is 7.05 Å². The van der Waals surface area contributed by atoms with Crippen LogP contribution in [0, 0.1) is 12.7 Å². The molecule has 3 aromatic rings. The predicted octanol–water partition coefficient (Wildman–Crippen LogP) is 3.15. The lowest BCUT2D eigenvalue weighted by Gasteiger charge is -2.35. The van der Waals surface area contributed by atoms with E-state index in [9.17, 15) is 27.2 Å². The molecule has 13 heteroatoms. The number of nitrogens with zero attached hydrogens (tertiary/aromatic N) is 5. The molecule has 0 atom stereocenters. The van der Waals surface area contributed by atoms with Crippen LogP contribution >= 0.6 is 0 Å². The Morgan fingerprint density at radius 3 is 2.40 bits per heavy atom. The van der Waals surface area contributed by atoms with Crippen molar-refractivity contribution < 1.29 is 27.2 Å². The van der Waals surface area contributed by atoms with Gasteiger partial charge in [0.2, 0.25) is 0 Å². The number of fused-ring (bicyclic) bond motifs is 1. The van der Waals surface area contributed by atoms with Crippen molar-refractivity contribution in [2.75, 3.05) is 43.4 Å². The lowest BCUT2D eigenvalue weighted by Crippen LogP contribution is -2.45. The highest BCUT2D eigenvalue weighted by atomic mass is 19.4. The summed E-state index contributed by atoms with van der Waals surface area (Å²) in [5.41, 5.74) is 0.298. The molecule has 3 heterocycles. The zero-order valence-corrected chi connectivity index (χ0v) is 19.2. The molecule has 0 saturated carbocycles. The Morgan fingerprint density at radius 1 is 1.09 bits per heavy atom. The number of hydrogen-bond donors (Lipinski definition) is 2.